The SMILES string of the molecule is Cc1cc(-c2cccs2)nn1CCNC(=O)c1ccccc1F. The molecule has 0 unspecified atom stereocenters. The maximum atomic E-state index is 13.5. The molecule has 0 atom stereocenters. The maximum Gasteiger partial charge on any atom is 0.254 e. The highest BCUT2D eigenvalue weighted by molar-refractivity contribution is 7.13. The normalized spacial score (nSPS) is 10.7. The molecule has 0 aliphatic heterocycles. The van der Waals surface area contributed by atoms with E-state index in [1.807, 2.05) is 35.2 Å². The fourth-order valence-electron chi connectivity index (χ4n) is 2.30. The number of thiophene rings is 1. The molecule has 0 bridgehead atoms. The molecule has 0 aliphatic carbocycles. The number of hydrogen-bond donors (Lipinski definition) is 1. The van der Waals surface area contributed by atoms with Gasteiger partial charge < -0.3 is 5.32 Å². The molecule has 1 N–H and O–H groups in total. The Bertz CT molecular complexity index is 811. The van der Waals surface area contributed by atoms with Gasteiger partial charge in [-0.3, -0.25) is 9.48 Å². The average molecular weight is 329 g/mol. The van der Waals surface area contributed by atoms with Crippen molar-refractivity contribution in [2.45, 2.75) is 13.5 Å². The van der Waals surface area contributed by atoms with Gasteiger partial charge in [-0.05, 0) is 36.6 Å². The average Bonchev–Trinajstić information content (AvgIpc) is 3.18. The lowest BCUT2D eigenvalue weighted by atomic mass is 10.2. The van der Waals surface area contributed by atoms with Gasteiger partial charge in [-0.2, -0.15) is 5.10 Å². The van der Waals surface area contributed by atoms with E-state index in [2.05, 4.69) is 10.4 Å². The Morgan fingerprint density at radius 1 is 1.30 bits per heavy atom. The molecule has 0 saturated heterocycles. The molecule has 118 valence electrons. The summed E-state index contributed by atoms with van der Waals surface area (Å²) in [5, 5.41) is 9.28. The van der Waals surface area contributed by atoms with Crippen LogP contribution in [0.1, 0.15) is 16.1 Å². The third-order valence-corrected chi connectivity index (χ3v) is 4.37. The van der Waals surface area contributed by atoms with Crippen LogP contribution < -0.4 is 5.32 Å². The number of nitrogens with zero attached hydrogens (tertiary/aromatic N) is 2. The highest BCUT2D eigenvalue weighted by Gasteiger charge is 2.11. The highest BCUT2D eigenvalue weighted by Crippen LogP contribution is 2.23. The van der Waals surface area contributed by atoms with Gasteiger partial charge in [0.2, 0.25) is 0 Å². The van der Waals surface area contributed by atoms with Gasteiger partial charge in [-0.1, -0.05) is 18.2 Å². The van der Waals surface area contributed by atoms with Crippen molar-refractivity contribution in [3.05, 3.63) is 64.9 Å². The second kappa shape index (κ2) is 6.75. The molecule has 0 saturated carbocycles. The third kappa shape index (κ3) is 3.48. The number of nitrogens with one attached hydrogen (secondary N) is 1. The first-order valence-electron chi connectivity index (χ1n) is 7.26. The Hall–Kier alpha value is -2.47. The lowest BCUT2D eigenvalue weighted by Gasteiger charge is -2.07. The zero-order chi connectivity index (χ0) is 16.2. The predicted octanol–water partition coefficient (Wildman–Crippen LogP) is 3.49. The molecule has 23 heavy (non-hydrogen) atoms. The number of aryl methyl sites for hydroxylation is 1. The molecule has 0 aliphatic rings. The summed E-state index contributed by atoms with van der Waals surface area (Å²) in [6.07, 6.45) is 0. The van der Waals surface area contributed by atoms with E-state index in [-0.39, 0.29) is 5.56 Å². The van der Waals surface area contributed by atoms with Crippen LogP contribution in [0.15, 0.2) is 47.8 Å². The third-order valence-electron chi connectivity index (χ3n) is 3.48. The van der Waals surface area contributed by atoms with Gasteiger partial charge in [0.05, 0.1) is 17.0 Å². The van der Waals surface area contributed by atoms with Crippen LogP contribution in [-0.4, -0.2) is 22.2 Å². The lowest BCUT2D eigenvalue weighted by Crippen LogP contribution is -2.28. The summed E-state index contributed by atoms with van der Waals surface area (Å²) in [5.74, 6) is -0.924. The minimum atomic E-state index is -0.514. The molecule has 2 aromatic heterocycles. The van der Waals surface area contributed by atoms with Gasteiger partial charge in [-0.25, -0.2) is 4.39 Å². The number of aromatic nitrogens is 2. The van der Waals surface area contributed by atoms with E-state index in [1.165, 1.54) is 12.1 Å². The van der Waals surface area contributed by atoms with Crippen LogP contribution in [-0.2, 0) is 6.54 Å². The topological polar surface area (TPSA) is 46.9 Å². The monoisotopic (exact) mass is 329 g/mol. The molecule has 3 aromatic rings. The van der Waals surface area contributed by atoms with Gasteiger partial charge in [0.15, 0.2) is 0 Å². The quantitative estimate of drug-likeness (QED) is 0.779. The van der Waals surface area contributed by atoms with E-state index in [0.717, 1.165) is 16.3 Å². The second-order valence-electron chi connectivity index (χ2n) is 5.11. The summed E-state index contributed by atoms with van der Waals surface area (Å²) in [6, 6.07) is 12.0. The molecule has 2 heterocycles. The molecule has 3 rings (SSSR count). The van der Waals surface area contributed by atoms with Crippen LogP contribution in [0.5, 0.6) is 0 Å². The molecule has 1 amide bonds. The van der Waals surface area contributed by atoms with Gasteiger partial charge in [0.1, 0.15) is 11.5 Å². The summed E-state index contributed by atoms with van der Waals surface area (Å²) in [4.78, 5) is 13.1. The van der Waals surface area contributed by atoms with Crippen molar-refractivity contribution in [3.63, 3.8) is 0 Å². The van der Waals surface area contributed by atoms with Gasteiger partial charge >= 0.3 is 0 Å². The first-order chi connectivity index (χ1) is 11.1. The summed E-state index contributed by atoms with van der Waals surface area (Å²) in [7, 11) is 0. The van der Waals surface area contributed by atoms with Crippen molar-refractivity contribution in [1.29, 1.82) is 0 Å². The second-order valence-corrected chi connectivity index (χ2v) is 6.05. The molecular weight excluding hydrogens is 313 g/mol. The lowest BCUT2D eigenvalue weighted by molar-refractivity contribution is 0.0948. The van der Waals surface area contributed by atoms with E-state index in [1.54, 1.807) is 23.5 Å². The smallest absolute Gasteiger partial charge is 0.254 e. The van der Waals surface area contributed by atoms with E-state index in [9.17, 15) is 9.18 Å². The number of hydrogen-bond acceptors (Lipinski definition) is 3. The van der Waals surface area contributed by atoms with Crippen LogP contribution in [0, 0.1) is 12.7 Å². The van der Waals surface area contributed by atoms with Gasteiger partial charge in [0, 0.05) is 12.2 Å². The highest BCUT2D eigenvalue weighted by atomic mass is 32.1. The Labute approximate surface area is 137 Å². The van der Waals surface area contributed by atoms with Crippen LogP contribution in [0.2, 0.25) is 0 Å². The predicted molar refractivity (Wildman–Crippen MR) is 89.0 cm³/mol. The number of carbonyl (C=O) groups is 1. The fraction of sp³-hybridized carbons (Fsp3) is 0.176. The van der Waals surface area contributed by atoms with E-state index in [0.29, 0.717) is 13.1 Å². The zero-order valence-corrected chi connectivity index (χ0v) is 13.4. The number of benzene rings is 1. The fourth-order valence-corrected chi connectivity index (χ4v) is 2.98. The van der Waals surface area contributed by atoms with E-state index < -0.39 is 11.7 Å². The standard InChI is InChI=1S/C17H16FN3OS/c1-12-11-15(16-7-4-10-23-16)20-21(12)9-8-19-17(22)13-5-2-3-6-14(13)18/h2-7,10-11H,8-9H2,1H3,(H,19,22). The minimum Gasteiger partial charge on any atom is -0.350 e. The summed E-state index contributed by atoms with van der Waals surface area (Å²) < 4.78 is 15.4. The first-order valence-corrected chi connectivity index (χ1v) is 8.14. The number of halogens is 1. The molecule has 1 aromatic carbocycles. The van der Waals surface area contributed by atoms with Gasteiger partial charge in [-0.15, -0.1) is 11.3 Å². The van der Waals surface area contributed by atoms with Crippen molar-refractivity contribution in [3.8, 4) is 10.6 Å². The first kappa shape index (κ1) is 15.4. The minimum absolute atomic E-state index is 0.0592. The Morgan fingerprint density at radius 3 is 2.87 bits per heavy atom. The van der Waals surface area contributed by atoms with Gasteiger partial charge in [0.25, 0.3) is 5.91 Å². The van der Waals surface area contributed by atoms with Crippen LogP contribution in [0.4, 0.5) is 4.39 Å². The van der Waals surface area contributed by atoms with Crippen molar-refractivity contribution < 1.29 is 9.18 Å². The van der Waals surface area contributed by atoms with Crippen LogP contribution >= 0.6 is 11.3 Å². The van der Waals surface area contributed by atoms with Crippen LogP contribution in [0.25, 0.3) is 10.6 Å². The summed E-state index contributed by atoms with van der Waals surface area (Å²) >= 11 is 1.64. The molecular formula is C17H16FN3OS. The van der Waals surface area contributed by atoms with Crippen molar-refractivity contribution in [1.82, 2.24) is 15.1 Å². The Balaban J connectivity index is 1.61. The van der Waals surface area contributed by atoms with Crippen molar-refractivity contribution in [2.75, 3.05) is 6.54 Å². The molecule has 0 radical (unpaired) electrons. The van der Waals surface area contributed by atoms with E-state index >= 15 is 0 Å². The Morgan fingerprint density at radius 2 is 2.13 bits per heavy atom. The molecule has 0 fully saturated rings. The largest absolute Gasteiger partial charge is 0.350 e. The number of rotatable bonds is 5. The number of carbonyl (C=O) groups excluding carboxylic acids is 1. The molecule has 6 heteroatoms. The summed E-state index contributed by atoms with van der Waals surface area (Å²) in [5.41, 5.74) is 2.01. The summed E-state index contributed by atoms with van der Waals surface area (Å²) in [6.45, 7) is 2.90. The van der Waals surface area contributed by atoms with Crippen molar-refractivity contribution in [2.24, 2.45) is 0 Å². The van der Waals surface area contributed by atoms with E-state index in [4.69, 9.17) is 0 Å². The van der Waals surface area contributed by atoms with Crippen LogP contribution in [0.3, 0.4) is 0 Å². The Kier molecular flexibility index (Phi) is 4.52. The molecule has 0 spiro atoms. The maximum absolute atomic E-state index is 13.5. The molecule has 4 nitrogen and oxygen atoms in total. The number of amides is 1. The zero-order valence-electron chi connectivity index (χ0n) is 12.6. The van der Waals surface area contributed by atoms with Crippen molar-refractivity contribution >= 4 is 17.2 Å².